The second-order valence-corrected chi connectivity index (χ2v) is 5.88. The number of anilines is 1. The molecule has 20 heavy (non-hydrogen) atoms. The lowest BCUT2D eigenvalue weighted by atomic mass is 9.76. The molecule has 1 fully saturated rings. The Bertz CT molecular complexity index is 447. The van der Waals surface area contributed by atoms with E-state index < -0.39 is 0 Å². The van der Waals surface area contributed by atoms with Gasteiger partial charge < -0.3 is 15.8 Å². The number of rotatable bonds is 5. The van der Waals surface area contributed by atoms with Gasteiger partial charge in [0.2, 0.25) is 0 Å². The first-order chi connectivity index (χ1) is 9.63. The minimum atomic E-state index is -0.214. The van der Waals surface area contributed by atoms with Gasteiger partial charge in [0, 0.05) is 18.9 Å². The van der Waals surface area contributed by atoms with Gasteiger partial charge in [-0.2, -0.15) is 0 Å². The highest BCUT2D eigenvalue weighted by molar-refractivity contribution is 6.30. The number of ether oxygens (including phenoxy) is 1. The Balaban J connectivity index is 2.40. The zero-order chi connectivity index (χ0) is 14.6. The summed E-state index contributed by atoms with van der Waals surface area (Å²) < 4.78 is 5.95. The van der Waals surface area contributed by atoms with Crippen LogP contribution in [-0.4, -0.2) is 24.2 Å². The van der Waals surface area contributed by atoms with E-state index in [1.807, 2.05) is 6.07 Å². The Labute approximate surface area is 126 Å². The van der Waals surface area contributed by atoms with Gasteiger partial charge in [-0.25, -0.2) is 4.98 Å². The van der Waals surface area contributed by atoms with Crippen molar-refractivity contribution in [2.75, 3.05) is 19.4 Å². The maximum atomic E-state index is 6.10. The Hall–Kier alpha value is -0.840. The molecular weight excluding hydrogens is 274 g/mol. The molecular formula is C15H24ClN3O. The molecule has 1 aromatic heterocycles. The van der Waals surface area contributed by atoms with Crippen LogP contribution >= 0.6 is 11.6 Å². The molecule has 3 N–H and O–H groups in total. The topological polar surface area (TPSA) is 60.2 Å². The lowest BCUT2D eigenvalue weighted by Crippen LogP contribution is -2.47. The third kappa shape index (κ3) is 3.08. The number of hydrogen-bond donors (Lipinski definition) is 2. The molecule has 2 rings (SSSR count). The summed E-state index contributed by atoms with van der Waals surface area (Å²) >= 11 is 6.10. The van der Waals surface area contributed by atoms with Crippen molar-refractivity contribution in [3.63, 3.8) is 0 Å². The number of aromatic nitrogens is 1. The molecule has 1 aliphatic rings. The first kappa shape index (κ1) is 15.5. The molecule has 4 nitrogen and oxygen atoms in total. The Morgan fingerprint density at radius 3 is 2.75 bits per heavy atom. The summed E-state index contributed by atoms with van der Waals surface area (Å²) in [5, 5.41) is 4.14. The number of nitrogens with zero attached hydrogens (tertiary/aromatic N) is 1. The fourth-order valence-electron chi connectivity index (χ4n) is 3.24. The van der Waals surface area contributed by atoms with E-state index in [0.717, 1.165) is 24.9 Å². The third-order valence-corrected chi connectivity index (χ3v) is 4.47. The standard InChI is InChI=1S/C15H24ClN3O/c1-3-18-13(12-9-11(16)10-19-14(12)17)15(20-2)7-5-4-6-8-15/h9-10,13,18H,3-8H2,1-2H3,(H2,17,19). The van der Waals surface area contributed by atoms with Gasteiger partial charge in [0.25, 0.3) is 0 Å². The Morgan fingerprint density at radius 1 is 1.45 bits per heavy atom. The van der Waals surface area contributed by atoms with E-state index in [1.54, 1.807) is 13.3 Å². The SMILES string of the molecule is CCNC(c1cc(Cl)cnc1N)C1(OC)CCCCC1. The summed E-state index contributed by atoms with van der Waals surface area (Å²) in [5.41, 5.74) is 6.81. The van der Waals surface area contributed by atoms with Gasteiger partial charge in [0.15, 0.2) is 0 Å². The van der Waals surface area contributed by atoms with Crippen LogP contribution in [0.5, 0.6) is 0 Å². The highest BCUT2D eigenvalue weighted by Crippen LogP contribution is 2.42. The zero-order valence-electron chi connectivity index (χ0n) is 12.3. The molecule has 5 heteroatoms. The fraction of sp³-hybridized carbons (Fsp3) is 0.667. The van der Waals surface area contributed by atoms with Crippen LogP contribution in [0, 0.1) is 0 Å². The van der Waals surface area contributed by atoms with Crippen molar-refractivity contribution in [2.45, 2.75) is 50.7 Å². The fourth-order valence-corrected chi connectivity index (χ4v) is 3.41. The molecule has 0 saturated heterocycles. The van der Waals surface area contributed by atoms with E-state index in [2.05, 4.69) is 17.2 Å². The van der Waals surface area contributed by atoms with Crippen LogP contribution in [-0.2, 0) is 4.74 Å². The summed E-state index contributed by atoms with van der Waals surface area (Å²) in [6.07, 6.45) is 7.30. The summed E-state index contributed by atoms with van der Waals surface area (Å²) in [5.74, 6) is 0.530. The molecule has 0 radical (unpaired) electrons. The van der Waals surface area contributed by atoms with Crippen LogP contribution < -0.4 is 11.1 Å². The summed E-state index contributed by atoms with van der Waals surface area (Å²) in [4.78, 5) is 4.19. The number of likely N-dealkylation sites (N-methyl/N-ethyl adjacent to an activating group) is 1. The molecule has 0 spiro atoms. The molecule has 1 unspecified atom stereocenters. The van der Waals surface area contributed by atoms with Crippen LogP contribution in [0.15, 0.2) is 12.3 Å². The highest BCUT2D eigenvalue weighted by Gasteiger charge is 2.41. The molecule has 1 atom stereocenters. The smallest absolute Gasteiger partial charge is 0.128 e. The van der Waals surface area contributed by atoms with Crippen LogP contribution in [0.1, 0.15) is 50.6 Å². The Morgan fingerprint density at radius 2 is 2.15 bits per heavy atom. The molecule has 0 bridgehead atoms. The Kier molecular flexibility index (Phi) is 5.24. The van der Waals surface area contributed by atoms with Crippen molar-refractivity contribution >= 4 is 17.4 Å². The quantitative estimate of drug-likeness (QED) is 0.875. The molecule has 1 heterocycles. The number of hydrogen-bond acceptors (Lipinski definition) is 4. The maximum absolute atomic E-state index is 6.10. The average molecular weight is 298 g/mol. The van der Waals surface area contributed by atoms with Gasteiger partial charge in [-0.15, -0.1) is 0 Å². The van der Waals surface area contributed by atoms with E-state index in [9.17, 15) is 0 Å². The predicted molar refractivity (Wildman–Crippen MR) is 82.9 cm³/mol. The summed E-state index contributed by atoms with van der Waals surface area (Å²) in [6.45, 7) is 2.94. The largest absolute Gasteiger partial charge is 0.383 e. The van der Waals surface area contributed by atoms with E-state index in [4.69, 9.17) is 22.1 Å². The number of halogens is 1. The van der Waals surface area contributed by atoms with Crippen molar-refractivity contribution in [3.05, 3.63) is 22.8 Å². The number of pyridine rings is 1. The minimum Gasteiger partial charge on any atom is -0.383 e. The monoisotopic (exact) mass is 297 g/mol. The predicted octanol–water partition coefficient (Wildman–Crippen LogP) is 3.32. The third-order valence-electron chi connectivity index (χ3n) is 4.27. The van der Waals surface area contributed by atoms with E-state index in [-0.39, 0.29) is 11.6 Å². The minimum absolute atomic E-state index is 0.0315. The lowest BCUT2D eigenvalue weighted by Gasteiger charge is -2.43. The van der Waals surface area contributed by atoms with Crippen LogP contribution in [0.2, 0.25) is 5.02 Å². The van der Waals surface area contributed by atoms with Crippen molar-refractivity contribution < 1.29 is 4.74 Å². The second kappa shape index (κ2) is 6.74. The van der Waals surface area contributed by atoms with E-state index >= 15 is 0 Å². The first-order valence-electron chi connectivity index (χ1n) is 7.32. The highest BCUT2D eigenvalue weighted by atomic mass is 35.5. The average Bonchev–Trinajstić information content (AvgIpc) is 2.48. The van der Waals surface area contributed by atoms with Gasteiger partial charge >= 0.3 is 0 Å². The first-order valence-corrected chi connectivity index (χ1v) is 7.70. The molecule has 0 aromatic carbocycles. The van der Waals surface area contributed by atoms with Crippen LogP contribution in [0.25, 0.3) is 0 Å². The molecule has 0 aliphatic heterocycles. The van der Waals surface area contributed by atoms with E-state index in [0.29, 0.717) is 10.8 Å². The molecule has 0 amide bonds. The van der Waals surface area contributed by atoms with Crippen LogP contribution in [0.3, 0.4) is 0 Å². The van der Waals surface area contributed by atoms with Gasteiger partial charge in [0.05, 0.1) is 16.7 Å². The second-order valence-electron chi connectivity index (χ2n) is 5.45. The van der Waals surface area contributed by atoms with Crippen molar-refractivity contribution in [2.24, 2.45) is 0 Å². The summed E-state index contributed by atoms with van der Waals surface area (Å²) in [6, 6.07) is 1.94. The van der Waals surface area contributed by atoms with Crippen molar-refractivity contribution in [1.29, 1.82) is 0 Å². The zero-order valence-corrected chi connectivity index (χ0v) is 13.0. The maximum Gasteiger partial charge on any atom is 0.128 e. The molecule has 1 aromatic rings. The molecule has 1 aliphatic carbocycles. The van der Waals surface area contributed by atoms with Crippen molar-refractivity contribution in [3.8, 4) is 0 Å². The van der Waals surface area contributed by atoms with Gasteiger partial charge in [-0.3, -0.25) is 0 Å². The number of nitrogens with one attached hydrogen (secondary N) is 1. The normalized spacial score (nSPS) is 19.8. The summed E-state index contributed by atoms with van der Waals surface area (Å²) in [7, 11) is 1.80. The molecule has 1 saturated carbocycles. The number of nitrogen functional groups attached to an aromatic ring is 1. The van der Waals surface area contributed by atoms with Crippen molar-refractivity contribution in [1.82, 2.24) is 10.3 Å². The van der Waals surface area contributed by atoms with Gasteiger partial charge in [0.1, 0.15) is 5.82 Å². The molecule has 112 valence electrons. The van der Waals surface area contributed by atoms with Crippen LogP contribution in [0.4, 0.5) is 5.82 Å². The van der Waals surface area contributed by atoms with Gasteiger partial charge in [-0.05, 0) is 25.5 Å². The van der Waals surface area contributed by atoms with Gasteiger partial charge in [-0.1, -0.05) is 37.8 Å². The lowest BCUT2D eigenvalue weighted by molar-refractivity contribution is -0.0683. The number of methoxy groups -OCH3 is 1. The number of nitrogens with two attached hydrogens (primary N) is 1. The van der Waals surface area contributed by atoms with E-state index in [1.165, 1.54) is 19.3 Å².